The molecular formula is C14H14BrCl2NO. The van der Waals surface area contributed by atoms with E-state index in [2.05, 4.69) is 28.2 Å². The van der Waals surface area contributed by atoms with Crippen molar-refractivity contribution in [3.8, 4) is 11.3 Å². The van der Waals surface area contributed by atoms with Gasteiger partial charge in [0.05, 0.1) is 10.0 Å². The van der Waals surface area contributed by atoms with E-state index in [1.165, 1.54) is 0 Å². The zero-order valence-electron chi connectivity index (χ0n) is 10.6. The molecule has 2 nitrogen and oxygen atoms in total. The topological polar surface area (TPSA) is 25.2 Å². The Kier molecular flexibility index (Phi) is 4.96. The first-order valence-corrected chi connectivity index (χ1v) is 7.47. The van der Waals surface area contributed by atoms with Crippen molar-refractivity contribution in [1.29, 1.82) is 0 Å². The van der Waals surface area contributed by atoms with E-state index in [4.69, 9.17) is 27.6 Å². The van der Waals surface area contributed by atoms with Gasteiger partial charge in [0.2, 0.25) is 0 Å². The van der Waals surface area contributed by atoms with Gasteiger partial charge in [0.1, 0.15) is 11.5 Å². The van der Waals surface area contributed by atoms with E-state index in [-0.39, 0.29) is 0 Å². The lowest BCUT2D eigenvalue weighted by atomic mass is 10.2. The first-order valence-electron chi connectivity index (χ1n) is 5.92. The van der Waals surface area contributed by atoms with Crippen molar-refractivity contribution >= 4 is 39.1 Å². The Morgan fingerprint density at radius 3 is 2.63 bits per heavy atom. The lowest BCUT2D eigenvalue weighted by molar-refractivity contribution is 0.481. The number of benzene rings is 1. The number of rotatable bonds is 4. The van der Waals surface area contributed by atoms with Gasteiger partial charge in [-0.1, -0.05) is 23.2 Å². The molecule has 102 valence electrons. The molecule has 0 aliphatic carbocycles. The van der Waals surface area contributed by atoms with Crippen molar-refractivity contribution in [2.45, 2.75) is 19.4 Å². The van der Waals surface area contributed by atoms with Crippen molar-refractivity contribution in [2.24, 2.45) is 0 Å². The number of halogens is 3. The molecule has 1 aromatic carbocycles. The fraction of sp³-hybridized carbons (Fsp3) is 0.286. The molecule has 2 aromatic rings. The highest BCUT2D eigenvalue weighted by Gasteiger charge is 2.14. The number of likely N-dealkylation sites (N-methyl/N-ethyl adjacent to an activating group) is 1. The molecule has 0 amide bonds. The van der Waals surface area contributed by atoms with E-state index in [9.17, 15) is 0 Å². The lowest BCUT2D eigenvalue weighted by Crippen LogP contribution is -2.23. The molecule has 1 atom stereocenters. The Morgan fingerprint density at radius 2 is 1.95 bits per heavy atom. The van der Waals surface area contributed by atoms with E-state index in [0.29, 0.717) is 16.1 Å². The average molecular weight is 363 g/mol. The third-order valence-corrected chi connectivity index (χ3v) is 4.73. The molecule has 0 bridgehead atoms. The van der Waals surface area contributed by atoms with Crippen LogP contribution in [0.25, 0.3) is 11.3 Å². The van der Waals surface area contributed by atoms with Gasteiger partial charge in [-0.2, -0.15) is 0 Å². The van der Waals surface area contributed by atoms with E-state index >= 15 is 0 Å². The highest BCUT2D eigenvalue weighted by Crippen LogP contribution is 2.38. The van der Waals surface area contributed by atoms with Gasteiger partial charge in [0.15, 0.2) is 0 Å². The van der Waals surface area contributed by atoms with Gasteiger partial charge in [-0.15, -0.1) is 0 Å². The molecular weight excluding hydrogens is 349 g/mol. The van der Waals surface area contributed by atoms with Crippen LogP contribution in [0.2, 0.25) is 10.0 Å². The van der Waals surface area contributed by atoms with Crippen LogP contribution in [-0.2, 0) is 6.42 Å². The Hall–Kier alpha value is -0.480. The molecule has 0 saturated carbocycles. The van der Waals surface area contributed by atoms with Crippen molar-refractivity contribution < 1.29 is 4.42 Å². The fourth-order valence-corrected chi connectivity index (χ4v) is 2.62. The summed E-state index contributed by atoms with van der Waals surface area (Å²) in [6.45, 7) is 2.10. The van der Waals surface area contributed by atoms with Crippen LogP contribution in [0.5, 0.6) is 0 Å². The molecule has 2 rings (SSSR count). The minimum absolute atomic E-state index is 0.364. The van der Waals surface area contributed by atoms with Gasteiger partial charge in [-0.05, 0) is 54.2 Å². The predicted octanol–water partition coefficient (Wildman–Crippen LogP) is 5.17. The first kappa shape index (κ1) is 14.9. The Balaban J connectivity index is 2.31. The second kappa shape index (κ2) is 6.31. The quantitative estimate of drug-likeness (QED) is 0.759. The van der Waals surface area contributed by atoms with Crippen molar-refractivity contribution in [3.63, 3.8) is 0 Å². The van der Waals surface area contributed by atoms with E-state index in [1.54, 1.807) is 0 Å². The molecule has 1 heterocycles. The second-order valence-corrected chi connectivity index (χ2v) is 5.99. The van der Waals surface area contributed by atoms with Crippen LogP contribution in [0.3, 0.4) is 0 Å². The summed E-state index contributed by atoms with van der Waals surface area (Å²) in [5, 5.41) is 4.18. The smallest absolute Gasteiger partial charge is 0.135 e. The predicted molar refractivity (Wildman–Crippen MR) is 84.1 cm³/mol. The minimum atomic E-state index is 0.364. The Bertz CT molecular complexity index is 583. The van der Waals surface area contributed by atoms with Crippen LogP contribution in [-0.4, -0.2) is 13.1 Å². The van der Waals surface area contributed by atoms with Gasteiger partial charge in [0, 0.05) is 22.5 Å². The second-order valence-electron chi connectivity index (χ2n) is 4.38. The molecule has 1 aromatic heterocycles. The van der Waals surface area contributed by atoms with Crippen molar-refractivity contribution in [3.05, 3.63) is 44.5 Å². The fourth-order valence-electron chi connectivity index (χ4n) is 1.75. The molecule has 0 aliphatic rings. The minimum Gasteiger partial charge on any atom is -0.461 e. The third kappa shape index (κ3) is 3.34. The van der Waals surface area contributed by atoms with Crippen LogP contribution >= 0.6 is 39.1 Å². The summed E-state index contributed by atoms with van der Waals surface area (Å²) in [4.78, 5) is 0. The summed E-state index contributed by atoms with van der Waals surface area (Å²) in [5.41, 5.74) is 0.804. The number of hydrogen-bond donors (Lipinski definition) is 1. The molecule has 0 fully saturated rings. The molecule has 1 unspecified atom stereocenters. The molecule has 0 saturated heterocycles. The van der Waals surface area contributed by atoms with E-state index in [0.717, 1.165) is 28.0 Å². The van der Waals surface area contributed by atoms with Crippen molar-refractivity contribution in [1.82, 2.24) is 5.32 Å². The number of hydrogen-bond acceptors (Lipinski definition) is 2. The standard InChI is InChI=1S/C14H14BrCl2NO/c1-8(18-2)7-9-3-6-12(19-9)10-4-5-11(15)14(17)13(10)16/h3-6,8,18H,7H2,1-2H3. The number of furan rings is 1. The van der Waals surface area contributed by atoms with Crippen molar-refractivity contribution in [2.75, 3.05) is 7.05 Å². The largest absolute Gasteiger partial charge is 0.461 e. The first-order chi connectivity index (χ1) is 9.02. The summed E-state index contributed by atoms with van der Waals surface area (Å²) >= 11 is 15.7. The zero-order chi connectivity index (χ0) is 14.0. The molecule has 0 spiro atoms. The SMILES string of the molecule is CNC(C)Cc1ccc(-c2ccc(Br)c(Cl)c2Cl)o1. The third-order valence-electron chi connectivity index (χ3n) is 2.96. The average Bonchev–Trinajstić information content (AvgIpc) is 2.84. The lowest BCUT2D eigenvalue weighted by Gasteiger charge is -2.07. The van der Waals surface area contributed by atoms with E-state index < -0.39 is 0 Å². The van der Waals surface area contributed by atoms with Crippen LogP contribution < -0.4 is 5.32 Å². The molecule has 5 heteroatoms. The summed E-state index contributed by atoms with van der Waals surface area (Å²) in [6.07, 6.45) is 0.832. The molecule has 1 N–H and O–H groups in total. The summed E-state index contributed by atoms with van der Waals surface area (Å²) < 4.78 is 6.60. The summed E-state index contributed by atoms with van der Waals surface area (Å²) in [5.74, 6) is 1.66. The Morgan fingerprint density at radius 1 is 1.21 bits per heavy atom. The highest BCUT2D eigenvalue weighted by molar-refractivity contribution is 9.10. The van der Waals surface area contributed by atoms with E-state index in [1.807, 2.05) is 31.3 Å². The summed E-state index contributed by atoms with van der Waals surface area (Å²) in [6, 6.07) is 8.01. The van der Waals surface area contributed by atoms with Crippen LogP contribution in [0, 0.1) is 0 Å². The molecule has 0 aliphatic heterocycles. The van der Waals surface area contributed by atoms with Gasteiger partial charge in [-0.25, -0.2) is 0 Å². The Labute approximate surface area is 131 Å². The maximum absolute atomic E-state index is 6.24. The van der Waals surface area contributed by atoms with Gasteiger partial charge < -0.3 is 9.73 Å². The zero-order valence-corrected chi connectivity index (χ0v) is 13.7. The normalized spacial score (nSPS) is 12.7. The highest BCUT2D eigenvalue weighted by atomic mass is 79.9. The van der Waals surface area contributed by atoms with Gasteiger partial charge in [0.25, 0.3) is 0 Å². The number of nitrogens with one attached hydrogen (secondary N) is 1. The monoisotopic (exact) mass is 361 g/mol. The maximum atomic E-state index is 6.24. The van der Waals surface area contributed by atoms with Gasteiger partial charge in [-0.3, -0.25) is 0 Å². The summed E-state index contributed by atoms with van der Waals surface area (Å²) in [7, 11) is 1.93. The molecule has 19 heavy (non-hydrogen) atoms. The van der Waals surface area contributed by atoms with Crippen LogP contribution in [0.15, 0.2) is 33.2 Å². The maximum Gasteiger partial charge on any atom is 0.135 e. The van der Waals surface area contributed by atoms with Crippen LogP contribution in [0.1, 0.15) is 12.7 Å². The molecule has 0 radical (unpaired) electrons. The van der Waals surface area contributed by atoms with Crippen LogP contribution in [0.4, 0.5) is 0 Å². The van der Waals surface area contributed by atoms with Gasteiger partial charge >= 0.3 is 0 Å².